The summed E-state index contributed by atoms with van der Waals surface area (Å²) in [7, 11) is 1.67. The summed E-state index contributed by atoms with van der Waals surface area (Å²) in [5.74, 6) is 0.856. The highest BCUT2D eigenvalue weighted by atomic mass is 16.5. The minimum atomic E-state index is 0.856. The molecule has 2 heterocycles. The number of pyridine rings is 1. The van der Waals surface area contributed by atoms with Gasteiger partial charge in [-0.15, -0.1) is 0 Å². The minimum absolute atomic E-state index is 0.856. The van der Waals surface area contributed by atoms with Gasteiger partial charge in [-0.1, -0.05) is 12.1 Å². The molecule has 0 saturated carbocycles. The van der Waals surface area contributed by atoms with Crippen LogP contribution in [-0.4, -0.2) is 17.1 Å². The zero-order chi connectivity index (χ0) is 11.7. The summed E-state index contributed by atoms with van der Waals surface area (Å²) < 4.78 is 5.22. The number of rotatable bonds is 2. The molecular weight excluding hydrogens is 212 g/mol. The number of benzene rings is 1. The lowest BCUT2D eigenvalue weighted by atomic mass is 10.1. The Morgan fingerprint density at radius 3 is 2.88 bits per heavy atom. The number of aromatic amines is 1. The lowest BCUT2D eigenvalue weighted by Gasteiger charge is -2.01. The fourth-order valence-electron chi connectivity index (χ4n) is 1.90. The van der Waals surface area contributed by atoms with Gasteiger partial charge in [0.05, 0.1) is 7.11 Å². The Balaban J connectivity index is 2.13. The van der Waals surface area contributed by atoms with Crippen molar-refractivity contribution in [2.75, 3.05) is 7.11 Å². The van der Waals surface area contributed by atoms with E-state index in [1.54, 1.807) is 13.3 Å². The Kier molecular flexibility index (Phi) is 2.29. The summed E-state index contributed by atoms with van der Waals surface area (Å²) in [6, 6.07) is 14.0. The number of fused-ring (bicyclic) bond motifs is 1. The van der Waals surface area contributed by atoms with E-state index < -0.39 is 0 Å². The summed E-state index contributed by atoms with van der Waals surface area (Å²) >= 11 is 0. The molecule has 0 aliphatic heterocycles. The van der Waals surface area contributed by atoms with Crippen molar-refractivity contribution < 1.29 is 4.74 Å². The lowest BCUT2D eigenvalue weighted by Crippen LogP contribution is -1.83. The van der Waals surface area contributed by atoms with Gasteiger partial charge in [0, 0.05) is 22.8 Å². The van der Waals surface area contributed by atoms with Gasteiger partial charge in [0.15, 0.2) is 0 Å². The molecule has 0 saturated heterocycles. The first kappa shape index (κ1) is 9.90. The predicted octanol–water partition coefficient (Wildman–Crippen LogP) is 3.24. The molecule has 84 valence electrons. The van der Waals surface area contributed by atoms with E-state index in [0.29, 0.717) is 0 Å². The molecule has 2 aromatic heterocycles. The molecular formula is C14H12N2O. The Labute approximate surface area is 99.1 Å². The van der Waals surface area contributed by atoms with Crippen molar-refractivity contribution in [3.05, 3.63) is 48.7 Å². The third-order valence-corrected chi connectivity index (χ3v) is 2.77. The minimum Gasteiger partial charge on any atom is -0.497 e. The quantitative estimate of drug-likeness (QED) is 0.725. The van der Waals surface area contributed by atoms with E-state index in [1.165, 1.54) is 0 Å². The molecule has 0 fully saturated rings. The van der Waals surface area contributed by atoms with Crippen molar-refractivity contribution in [1.29, 1.82) is 0 Å². The number of ether oxygens (including phenoxy) is 1. The highest BCUT2D eigenvalue weighted by Gasteiger charge is 2.04. The first-order valence-electron chi connectivity index (χ1n) is 5.45. The van der Waals surface area contributed by atoms with Crippen LogP contribution in [-0.2, 0) is 0 Å². The topological polar surface area (TPSA) is 37.9 Å². The van der Waals surface area contributed by atoms with Gasteiger partial charge >= 0.3 is 0 Å². The van der Waals surface area contributed by atoms with Gasteiger partial charge in [-0.25, -0.2) is 4.98 Å². The lowest BCUT2D eigenvalue weighted by molar-refractivity contribution is 0.415. The van der Waals surface area contributed by atoms with Crippen LogP contribution in [0.1, 0.15) is 0 Å². The third-order valence-electron chi connectivity index (χ3n) is 2.77. The van der Waals surface area contributed by atoms with Crippen molar-refractivity contribution >= 4 is 11.0 Å². The third kappa shape index (κ3) is 1.76. The number of aromatic nitrogens is 2. The Morgan fingerprint density at radius 1 is 1.12 bits per heavy atom. The summed E-state index contributed by atoms with van der Waals surface area (Å²) in [6.45, 7) is 0. The molecule has 0 aliphatic rings. The molecule has 1 aromatic carbocycles. The molecule has 0 unspecified atom stereocenters. The molecule has 0 radical (unpaired) electrons. The van der Waals surface area contributed by atoms with Crippen LogP contribution in [0.4, 0.5) is 0 Å². The van der Waals surface area contributed by atoms with Gasteiger partial charge in [0.1, 0.15) is 11.4 Å². The first-order valence-corrected chi connectivity index (χ1v) is 5.45. The van der Waals surface area contributed by atoms with Gasteiger partial charge < -0.3 is 9.72 Å². The normalized spacial score (nSPS) is 10.6. The number of nitrogens with one attached hydrogen (secondary N) is 1. The molecule has 3 nitrogen and oxygen atoms in total. The fourth-order valence-corrected chi connectivity index (χ4v) is 1.90. The van der Waals surface area contributed by atoms with Crippen LogP contribution in [0, 0.1) is 0 Å². The summed E-state index contributed by atoms with van der Waals surface area (Å²) in [4.78, 5) is 7.58. The van der Waals surface area contributed by atoms with Crippen LogP contribution < -0.4 is 4.74 Å². The standard InChI is InChI=1S/C14H12N2O/c1-17-12-6-2-4-10(8-12)13-9-11-5-3-7-15-14(11)16-13/h2-9H,1H3,(H,15,16). The van der Waals surface area contributed by atoms with Crippen molar-refractivity contribution in [3.63, 3.8) is 0 Å². The molecule has 3 rings (SSSR count). The second-order valence-electron chi connectivity index (χ2n) is 3.86. The van der Waals surface area contributed by atoms with Gasteiger partial charge in [0.2, 0.25) is 0 Å². The van der Waals surface area contributed by atoms with Crippen LogP contribution in [0.15, 0.2) is 48.7 Å². The fraction of sp³-hybridized carbons (Fsp3) is 0.0714. The number of hydrogen-bond donors (Lipinski definition) is 1. The average molecular weight is 224 g/mol. The van der Waals surface area contributed by atoms with E-state index >= 15 is 0 Å². The number of H-pyrrole nitrogens is 1. The molecule has 0 aliphatic carbocycles. The van der Waals surface area contributed by atoms with E-state index in [4.69, 9.17) is 4.74 Å². The summed E-state index contributed by atoms with van der Waals surface area (Å²) in [6.07, 6.45) is 1.79. The number of methoxy groups -OCH3 is 1. The van der Waals surface area contributed by atoms with E-state index in [2.05, 4.69) is 16.0 Å². The highest BCUT2D eigenvalue weighted by molar-refractivity contribution is 5.83. The van der Waals surface area contributed by atoms with Crippen molar-refractivity contribution in [1.82, 2.24) is 9.97 Å². The highest BCUT2D eigenvalue weighted by Crippen LogP contribution is 2.25. The van der Waals surface area contributed by atoms with E-state index in [0.717, 1.165) is 28.0 Å². The predicted molar refractivity (Wildman–Crippen MR) is 68.1 cm³/mol. The zero-order valence-corrected chi connectivity index (χ0v) is 9.47. The molecule has 3 heteroatoms. The maximum absolute atomic E-state index is 5.22. The molecule has 0 bridgehead atoms. The number of nitrogens with zero attached hydrogens (tertiary/aromatic N) is 1. The molecule has 0 atom stereocenters. The van der Waals surface area contributed by atoms with Gasteiger partial charge in [0.25, 0.3) is 0 Å². The van der Waals surface area contributed by atoms with Crippen LogP contribution in [0.25, 0.3) is 22.3 Å². The van der Waals surface area contributed by atoms with Crippen molar-refractivity contribution in [2.24, 2.45) is 0 Å². The Bertz CT molecular complexity index is 625. The maximum Gasteiger partial charge on any atom is 0.137 e. The monoisotopic (exact) mass is 224 g/mol. The van der Waals surface area contributed by atoms with Crippen molar-refractivity contribution in [3.8, 4) is 17.0 Å². The Morgan fingerprint density at radius 2 is 2.06 bits per heavy atom. The summed E-state index contributed by atoms with van der Waals surface area (Å²) in [5, 5.41) is 1.12. The van der Waals surface area contributed by atoms with E-state index in [-0.39, 0.29) is 0 Å². The van der Waals surface area contributed by atoms with Gasteiger partial charge in [-0.05, 0) is 30.3 Å². The largest absolute Gasteiger partial charge is 0.497 e. The molecule has 1 N–H and O–H groups in total. The van der Waals surface area contributed by atoms with E-state index in [9.17, 15) is 0 Å². The molecule has 3 aromatic rings. The molecule has 17 heavy (non-hydrogen) atoms. The second-order valence-corrected chi connectivity index (χ2v) is 3.86. The zero-order valence-electron chi connectivity index (χ0n) is 9.47. The average Bonchev–Trinajstić information content (AvgIpc) is 2.82. The SMILES string of the molecule is COc1cccc(-c2cc3cccnc3[nH]2)c1. The first-order chi connectivity index (χ1) is 8.36. The Hall–Kier alpha value is -2.29. The van der Waals surface area contributed by atoms with Crippen LogP contribution in [0.5, 0.6) is 5.75 Å². The second kappa shape index (κ2) is 3.94. The van der Waals surface area contributed by atoms with Crippen molar-refractivity contribution in [2.45, 2.75) is 0 Å². The van der Waals surface area contributed by atoms with Crippen LogP contribution in [0.3, 0.4) is 0 Å². The maximum atomic E-state index is 5.22. The van der Waals surface area contributed by atoms with Gasteiger partial charge in [-0.2, -0.15) is 0 Å². The van der Waals surface area contributed by atoms with Crippen LogP contribution >= 0.6 is 0 Å². The van der Waals surface area contributed by atoms with Gasteiger partial charge in [-0.3, -0.25) is 0 Å². The summed E-state index contributed by atoms with van der Waals surface area (Å²) in [5.41, 5.74) is 3.06. The van der Waals surface area contributed by atoms with Crippen LogP contribution in [0.2, 0.25) is 0 Å². The number of hydrogen-bond acceptors (Lipinski definition) is 2. The van der Waals surface area contributed by atoms with E-state index in [1.807, 2.05) is 36.4 Å². The molecule has 0 spiro atoms. The smallest absolute Gasteiger partial charge is 0.137 e. The molecule has 0 amide bonds.